The smallest absolute Gasteiger partial charge is 0.278 e. The van der Waals surface area contributed by atoms with Crippen molar-refractivity contribution in [1.82, 2.24) is 15.2 Å². The zero-order valence-corrected chi connectivity index (χ0v) is 13.7. The number of hydrogen-bond acceptors (Lipinski definition) is 4. The quantitative estimate of drug-likeness (QED) is 0.742. The van der Waals surface area contributed by atoms with E-state index in [2.05, 4.69) is 21.2 Å². The van der Waals surface area contributed by atoms with Crippen LogP contribution in [-0.4, -0.2) is 28.1 Å². The Hall–Kier alpha value is -2.82. The van der Waals surface area contributed by atoms with Crippen LogP contribution < -0.4 is 4.90 Å². The normalized spacial score (nSPS) is 13.9. The summed E-state index contributed by atoms with van der Waals surface area (Å²) in [6.07, 6.45) is 2.24. The lowest BCUT2D eigenvalue weighted by Crippen LogP contribution is -2.29. The minimum Gasteiger partial charge on any atom is -0.293 e. The number of hydrogen-bond donors (Lipinski definition) is 0. The molecule has 3 aromatic rings. The lowest BCUT2D eigenvalue weighted by molar-refractivity contribution is 0.0986. The largest absolute Gasteiger partial charge is 0.293 e. The Morgan fingerprint density at radius 1 is 1.12 bits per heavy atom. The van der Waals surface area contributed by atoms with Crippen LogP contribution in [0.15, 0.2) is 42.5 Å². The molecular formula is C19H18N4O. The molecule has 0 atom stereocenters. The molecule has 2 heterocycles. The van der Waals surface area contributed by atoms with Crippen LogP contribution in [0.5, 0.6) is 0 Å². The monoisotopic (exact) mass is 318 g/mol. The van der Waals surface area contributed by atoms with Crippen LogP contribution in [0.4, 0.5) is 5.82 Å². The topological polar surface area (TPSA) is 59.0 Å². The Bertz CT molecular complexity index is 916. The van der Waals surface area contributed by atoms with Gasteiger partial charge in [0.1, 0.15) is 5.69 Å². The molecule has 1 aliphatic carbocycles. The molecule has 120 valence electrons. The van der Waals surface area contributed by atoms with Crippen LogP contribution >= 0.6 is 0 Å². The third-order valence-electron chi connectivity index (χ3n) is 4.41. The van der Waals surface area contributed by atoms with Crippen LogP contribution in [0.3, 0.4) is 0 Å². The molecule has 0 N–H and O–H groups in total. The van der Waals surface area contributed by atoms with E-state index in [0.717, 1.165) is 35.0 Å². The second-order valence-corrected chi connectivity index (χ2v) is 6.29. The summed E-state index contributed by atoms with van der Waals surface area (Å²) in [5, 5.41) is 9.21. The molecule has 0 radical (unpaired) electrons. The van der Waals surface area contributed by atoms with E-state index in [4.69, 9.17) is 0 Å². The summed E-state index contributed by atoms with van der Waals surface area (Å²) in [7, 11) is 1.72. The Kier molecular flexibility index (Phi) is 3.49. The van der Waals surface area contributed by atoms with Crippen LogP contribution in [0.2, 0.25) is 0 Å². The summed E-state index contributed by atoms with van der Waals surface area (Å²) in [6.45, 7) is 1.87. The molecule has 0 spiro atoms. The van der Waals surface area contributed by atoms with Crippen LogP contribution in [0.25, 0.3) is 10.9 Å². The zero-order valence-electron chi connectivity index (χ0n) is 13.7. The molecule has 0 aliphatic heterocycles. The summed E-state index contributed by atoms with van der Waals surface area (Å²) >= 11 is 0. The number of amides is 1. The van der Waals surface area contributed by atoms with Gasteiger partial charge >= 0.3 is 0 Å². The van der Waals surface area contributed by atoms with Crippen molar-refractivity contribution in [3.8, 4) is 0 Å². The molecule has 1 amide bonds. The molecule has 0 bridgehead atoms. The van der Waals surface area contributed by atoms with Crippen LogP contribution in [-0.2, 0) is 0 Å². The van der Waals surface area contributed by atoms with Crippen LogP contribution in [0, 0.1) is 6.92 Å². The molecule has 1 aliphatic rings. The highest BCUT2D eigenvalue weighted by molar-refractivity contribution is 6.06. The highest BCUT2D eigenvalue weighted by Crippen LogP contribution is 2.42. The van der Waals surface area contributed by atoms with Gasteiger partial charge in [-0.2, -0.15) is 5.10 Å². The van der Waals surface area contributed by atoms with Crippen molar-refractivity contribution in [2.75, 3.05) is 11.9 Å². The number of aryl methyl sites for hydroxylation is 1. The van der Waals surface area contributed by atoms with Gasteiger partial charge in [0.05, 0.1) is 11.2 Å². The molecule has 5 nitrogen and oxygen atoms in total. The molecule has 2 aromatic heterocycles. The first-order valence-corrected chi connectivity index (χ1v) is 8.11. The molecule has 1 saturated carbocycles. The third-order valence-corrected chi connectivity index (χ3v) is 4.41. The zero-order chi connectivity index (χ0) is 16.7. The average Bonchev–Trinajstić information content (AvgIpc) is 3.45. The summed E-state index contributed by atoms with van der Waals surface area (Å²) in [4.78, 5) is 19.2. The first-order chi connectivity index (χ1) is 11.6. The number of rotatable bonds is 3. The van der Waals surface area contributed by atoms with Crippen molar-refractivity contribution in [2.24, 2.45) is 0 Å². The molecule has 1 fully saturated rings. The van der Waals surface area contributed by atoms with Gasteiger partial charge in [0.25, 0.3) is 5.91 Å². The van der Waals surface area contributed by atoms with Gasteiger partial charge in [-0.25, -0.2) is 4.98 Å². The van der Waals surface area contributed by atoms with Crippen molar-refractivity contribution < 1.29 is 4.79 Å². The molecular weight excluding hydrogens is 300 g/mol. The van der Waals surface area contributed by atoms with Gasteiger partial charge in [0.15, 0.2) is 5.82 Å². The molecule has 0 unspecified atom stereocenters. The summed E-state index contributed by atoms with van der Waals surface area (Å²) in [5.74, 6) is 0.835. The summed E-state index contributed by atoms with van der Waals surface area (Å²) < 4.78 is 0. The molecule has 4 rings (SSSR count). The highest BCUT2D eigenvalue weighted by atomic mass is 16.2. The van der Waals surface area contributed by atoms with Crippen molar-refractivity contribution in [2.45, 2.75) is 25.7 Å². The lowest BCUT2D eigenvalue weighted by atomic mass is 10.0. The fourth-order valence-corrected chi connectivity index (χ4v) is 2.84. The number of fused-ring (bicyclic) bond motifs is 1. The van der Waals surface area contributed by atoms with Gasteiger partial charge < -0.3 is 0 Å². The van der Waals surface area contributed by atoms with Gasteiger partial charge in [0, 0.05) is 12.4 Å². The van der Waals surface area contributed by atoms with E-state index >= 15 is 0 Å². The number of para-hydroxylation sites is 1. The van der Waals surface area contributed by atoms with Crippen molar-refractivity contribution in [3.63, 3.8) is 0 Å². The van der Waals surface area contributed by atoms with E-state index < -0.39 is 0 Å². The second-order valence-electron chi connectivity index (χ2n) is 6.29. The fourth-order valence-electron chi connectivity index (χ4n) is 2.84. The number of carbonyl (C=O) groups is 1. The number of benzene rings is 1. The summed E-state index contributed by atoms with van der Waals surface area (Å²) in [5.41, 5.74) is 3.24. The van der Waals surface area contributed by atoms with E-state index in [1.165, 1.54) is 4.90 Å². The first-order valence-electron chi connectivity index (χ1n) is 8.11. The Labute approximate surface area is 140 Å². The SMILES string of the molecule is Cc1ccc(N(C)C(=O)c2nc3ccccc3cc2C2CC2)nn1. The maximum absolute atomic E-state index is 13.0. The van der Waals surface area contributed by atoms with E-state index in [0.29, 0.717) is 17.4 Å². The Balaban J connectivity index is 1.77. The number of aromatic nitrogens is 3. The number of carbonyl (C=O) groups excluding carboxylic acids is 1. The highest BCUT2D eigenvalue weighted by Gasteiger charge is 2.31. The van der Waals surface area contributed by atoms with Gasteiger partial charge in [-0.05, 0) is 55.5 Å². The Morgan fingerprint density at radius 3 is 2.62 bits per heavy atom. The number of anilines is 1. The van der Waals surface area contributed by atoms with Gasteiger partial charge in [-0.3, -0.25) is 9.69 Å². The predicted octanol–water partition coefficient (Wildman–Crippen LogP) is 3.49. The minimum absolute atomic E-state index is 0.138. The van der Waals surface area contributed by atoms with Gasteiger partial charge in [0.2, 0.25) is 0 Å². The first kappa shape index (κ1) is 14.8. The predicted molar refractivity (Wildman–Crippen MR) is 93.2 cm³/mol. The van der Waals surface area contributed by atoms with Crippen molar-refractivity contribution >= 4 is 22.6 Å². The van der Waals surface area contributed by atoms with E-state index in [9.17, 15) is 4.79 Å². The maximum Gasteiger partial charge on any atom is 0.278 e. The standard InChI is InChI=1S/C19H18N4O/c1-12-7-10-17(22-21-12)23(2)19(24)18-15(13-8-9-13)11-14-5-3-4-6-16(14)20-18/h3-7,10-11,13H,8-9H2,1-2H3. The van der Waals surface area contributed by atoms with Crippen molar-refractivity contribution in [3.05, 3.63) is 59.4 Å². The fraction of sp³-hybridized carbons (Fsp3) is 0.263. The molecule has 5 heteroatoms. The van der Waals surface area contributed by atoms with E-state index in [-0.39, 0.29) is 5.91 Å². The molecule has 0 saturated heterocycles. The van der Waals surface area contributed by atoms with Gasteiger partial charge in [-0.1, -0.05) is 18.2 Å². The maximum atomic E-state index is 13.0. The molecule has 24 heavy (non-hydrogen) atoms. The number of pyridine rings is 1. The minimum atomic E-state index is -0.138. The summed E-state index contributed by atoms with van der Waals surface area (Å²) in [6, 6.07) is 13.7. The number of nitrogens with zero attached hydrogens (tertiary/aromatic N) is 4. The molecule has 1 aromatic carbocycles. The van der Waals surface area contributed by atoms with Crippen molar-refractivity contribution in [1.29, 1.82) is 0 Å². The van der Waals surface area contributed by atoms with E-state index in [1.807, 2.05) is 37.3 Å². The van der Waals surface area contributed by atoms with Gasteiger partial charge in [-0.15, -0.1) is 5.10 Å². The second kappa shape index (κ2) is 5.67. The average molecular weight is 318 g/mol. The Morgan fingerprint density at radius 2 is 1.92 bits per heavy atom. The van der Waals surface area contributed by atoms with E-state index in [1.54, 1.807) is 13.1 Å². The third kappa shape index (κ3) is 2.62. The lowest BCUT2D eigenvalue weighted by Gasteiger charge is -2.17. The van der Waals surface area contributed by atoms with Crippen LogP contribution in [0.1, 0.15) is 40.5 Å².